The summed E-state index contributed by atoms with van der Waals surface area (Å²) in [5.41, 5.74) is 1.15. The normalized spacial score (nSPS) is 10.2. The van der Waals surface area contributed by atoms with Crippen molar-refractivity contribution in [3.05, 3.63) is 28.8 Å². The first-order chi connectivity index (χ1) is 9.74. The molecule has 0 fully saturated rings. The zero-order valence-electron chi connectivity index (χ0n) is 11.9. The molecule has 1 aromatic carbocycles. The number of aromatic amines is 2. The van der Waals surface area contributed by atoms with Crippen molar-refractivity contribution in [1.82, 2.24) is 15.0 Å². The third-order valence-electron chi connectivity index (χ3n) is 2.90. The molecule has 3 aromatic rings. The molecule has 0 aliphatic carbocycles. The minimum absolute atomic E-state index is 0.182. The Labute approximate surface area is 115 Å². The molecule has 0 spiro atoms. The van der Waals surface area contributed by atoms with Crippen molar-refractivity contribution >= 4 is 21.9 Å². The van der Waals surface area contributed by atoms with Crippen molar-refractivity contribution in [2.75, 3.05) is 14.2 Å². The number of hydrogen-bond acceptors (Lipinski definition) is 4. The van der Waals surface area contributed by atoms with Crippen molar-refractivity contribution in [3.63, 3.8) is 0 Å². The minimum atomic E-state index is -0.182. The molecule has 0 bridgehead atoms. The van der Waals surface area contributed by atoms with E-state index in [1.54, 1.807) is 26.4 Å². The van der Waals surface area contributed by atoms with Crippen LogP contribution in [0.5, 0.6) is 11.5 Å². The summed E-state index contributed by atoms with van der Waals surface area (Å²) in [5, 5.41) is 1.28. The van der Waals surface area contributed by atoms with Gasteiger partial charge in [-0.1, -0.05) is 13.8 Å². The van der Waals surface area contributed by atoms with Crippen LogP contribution in [0, 0.1) is 0 Å². The van der Waals surface area contributed by atoms with Crippen LogP contribution < -0.4 is 15.0 Å². The molecule has 6 heteroatoms. The van der Waals surface area contributed by atoms with E-state index in [1.807, 2.05) is 13.8 Å². The Kier molecular flexibility index (Phi) is 3.93. The number of H-pyrrole nitrogens is 2. The van der Waals surface area contributed by atoms with Gasteiger partial charge in [-0.15, -0.1) is 0 Å². The molecule has 2 aromatic heterocycles. The van der Waals surface area contributed by atoms with E-state index in [0.717, 1.165) is 10.9 Å². The maximum absolute atomic E-state index is 11.8. The molecule has 0 saturated carbocycles. The number of nitrogens with one attached hydrogen (secondary N) is 2. The van der Waals surface area contributed by atoms with E-state index in [4.69, 9.17) is 9.47 Å². The highest BCUT2D eigenvalue weighted by Gasteiger charge is 2.13. The van der Waals surface area contributed by atoms with E-state index in [1.165, 1.54) is 6.33 Å². The van der Waals surface area contributed by atoms with Crippen LogP contribution in [0.15, 0.2) is 23.3 Å². The molecule has 0 saturated heterocycles. The van der Waals surface area contributed by atoms with Crippen molar-refractivity contribution < 1.29 is 9.47 Å². The Bertz CT molecular complexity index is 789. The fourth-order valence-corrected chi connectivity index (χ4v) is 2.06. The number of ether oxygens (including phenoxy) is 2. The summed E-state index contributed by atoms with van der Waals surface area (Å²) in [5.74, 6) is 1.18. The highest BCUT2D eigenvalue weighted by Crippen LogP contribution is 2.33. The Hall–Kier alpha value is -2.50. The summed E-state index contributed by atoms with van der Waals surface area (Å²) in [6.45, 7) is 4.00. The van der Waals surface area contributed by atoms with Gasteiger partial charge in [-0.05, 0) is 6.07 Å². The number of rotatable bonds is 2. The Morgan fingerprint density at radius 3 is 2.40 bits per heavy atom. The molecule has 0 aliphatic rings. The minimum Gasteiger partial charge on any atom is -0.493 e. The topological polar surface area (TPSA) is 80.0 Å². The first kappa shape index (κ1) is 13.9. The van der Waals surface area contributed by atoms with Crippen molar-refractivity contribution in [3.8, 4) is 11.5 Å². The predicted molar refractivity (Wildman–Crippen MR) is 78.7 cm³/mol. The Morgan fingerprint density at radius 2 is 1.75 bits per heavy atom. The van der Waals surface area contributed by atoms with Gasteiger partial charge in [0, 0.05) is 11.5 Å². The highest BCUT2D eigenvalue weighted by atomic mass is 16.5. The van der Waals surface area contributed by atoms with Gasteiger partial charge in [0.15, 0.2) is 11.5 Å². The summed E-state index contributed by atoms with van der Waals surface area (Å²) in [7, 11) is 3.12. The lowest BCUT2D eigenvalue weighted by Crippen LogP contribution is -2.04. The summed E-state index contributed by atoms with van der Waals surface area (Å²) in [6, 6.07) is 3.55. The number of fused-ring (bicyclic) bond motifs is 3. The average Bonchev–Trinajstić information content (AvgIpc) is 2.86. The maximum atomic E-state index is 11.8. The van der Waals surface area contributed by atoms with Crippen molar-refractivity contribution in [2.45, 2.75) is 13.8 Å². The van der Waals surface area contributed by atoms with E-state index >= 15 is 0 Å². The van der Waals surface area contributed by atoms with Crippen LogP contribution in [-0.2, 0) is 0 Å². The number of benzene rings is 1. The van der Waals surface area contributed by atoms with E-state index in [-0.39, 0.29) is 5.56 Å². The second kappa shape index (κ2) is 5.64. The zero-order chi connectivity index (χ0) is 14.7. The molecular formula is C14H17N3O3. The summed E-state index contributed by atoms with van der Waals surface area (Å²) in [4.78, 5) is 21.6. The molecular weight excluding hydrogens is 258 g/mol. The quantitative estimate of drug-likeness (QED) is 0.752. The SMILES string of the molecule is CC.COc1cc2[nH]c3nc[nH]c(=O)c3c2cc1OC. The van der Waals surface area contributed by atoms with Gasteiger partial charge in [-0.25, -0.2) is 4.98 Å². The standard InChI is InChI=1S/C12H11N3O3.C2H6/c1-17-8-3-6-7(4-9(8)18-2)15-11-10(6)12(16)14-5-13-11;1-2/h3-5H,1-2H3,(H2,13,14,15,16);1-2H3. The molecule has 0 aliphatic heterocycles. The zero-order valence-corrected chi connectivity index (χ0v) is 11.9. The summed E-state index contributed by atoms with van der Waals surface area (Å²) >= 11 is 0. The molecule has 6 nitrogen and oxygen atoms in total. The van der Waals surface area contributed by atoms with E-state index in [0.29, 0.717) is 22.5 Å². The van der Waals surface area contributed by atoms with Crippen LogP contribution in [0.4, 0.5) is 0 Å². The molecule has 2 N–H and O–H groups in total. The monoisotopic (exact) mass is 275 g/mol. The number of methoxy groups -OCH3 is 2. The average molecular weight is 275 g/mol. The molecule has 2 heterocycles. The predicted octanol–water partition coefficient (Wildman–Crippen LogP) is 2.45. The number of aromatic nitrogens is 3. The Morgan fingerprint density at radius 1 is 1.10 bits per heavy atom. The van der Waals surface area contributed by atoms with Gasteiger partial charge in [-0.2, -0.15) is 0 Å². The van der Waals surface area contributed by atoms with Gasteiger partial charge >= 0.3 is 0 Å². The van der Waals surface area contributed by atoms with Gasteiger partial charge in [0.05, 0.1) is 31.4 Å². The van der Waals surface area contributed by atoms with Gasteiger partial charge in [0.25, 0.3) is 5.56 Å². The summed E-state index contributed by atoms with van der Waals surface area (Å²) in [6.07, 6.45) is 1.37. The highest BCUT2D eigenvalue weighted by molar-refractivity contribution is 6.06. The molecule has 3 rings (SSSR count). The van der Waals surface area contributed by atoms with Gasteiger partial charge in [-0.3, -0.25) is 4.79 Å². The van der Waals surface area contributed by atoms with Gasteiger partial charge < -0.3 is 19.4 Å². The van der Waals surface area contributed by atoms with Crippen molar-refractivity contribution in [2.24, 2.45) is 0 Å². The lowest BCUT2D eigenvalue weighted by atomic mass is 10.2. The molecule has 0 atom stereocenters. The largest absolute Gasteiger partial charge is 0.493 e. The van der Waals surface area contributed by atoms with E-state index < -0.39 is 0 Å². The van der Waals surface area contributed by atoms with E-state index in [9.17, 15) is 4.79 Å². The first-order valence-electron chi connectivity index (χ1n) is 6.35. The van der Waals surface area contributed by atoms with Gasteiger partial charge in [0.2, 0.25) is 0 Å². The molecule has 0 amide bonds. The summed E-state index contributed by atoms with van der Waals surface area (Å²) < 4.78 is 10.5. The third kappa shape index (κ3) is 2.09. The maximum Gasteiger partial charge on any atom is 0.260 e. The fourth-order valence-electron chi connectivity index (χ4n) is 2.06. The molecule has 0 unspecified atom stereocenters. The van der Waals surface area contributed by atoms with Crippen LogP contribution in [0.25, 0.3) is 21.9 Å². The Balaban J connectivity index is 0.000000704. The smallest absolute Gasteiger partial charge is 0.260 e. The molecule has 106 valence electrons. The third-order valence-corrected chi connectivity index (χ3v) is 2.90. The lowest BCUT2D eigenvalue weighted by molar-refractivity contribution is 0.356. The number of hydrogen-bond donors (Lipinski definition) is 2. The van der Waals surface area contributed by atoms with Crippen LogP contribution in [-0.4, -0.2) is 29.2 Å². The van der Waals surface area contributed by atoms with Crippen LogP contribution >= 0.6 is 0 Å². The van der Waals surface area contributed by atoms with Crippen LogP contribution in [0.1, 0.15) is 13.8 Å². The van der Waals surface area contributed by atoms with Crippen LogP contribution in [0.2, 0.25) is 0 Å². The number of nitrogens with zero attached hydrogens (tertiary/aromatic N) is 1. The van der Waals surface area contributed by atoms with Gasteiger partial charge in [0.1, 0.15) is 5.65 Å². The molecule has 0 radical (unpaired) electrons. The van der Waals surface area contributed by atoms with Crippen LogP contribution in [0.3, 0.4) is 0 Å². The second-order valence-corrected chi connectivity index (χ2v) is 3.83. The lowest BCUT2D eigenvalue weighted by Gasteiger charge is -2.06. The van der Waals surface area contributed by atoms with Crippen molar-refractivity contribution in [1.29, 1.82) is 0 Å². The molecule has 20 heavy (non-hydrogen) atoms. The fraction of sp³-hybridized carbons (Fsp3) is 0.286. The second-order valence-electron chi connectivity index (χ2n) is 3.83. The van der Waals surface area contributed by atoms with E-state index in [2.05, 4.69) is 15.0 Å². The first-order valence-corrected chi connectivity index (χ1v) is 6.35.